The van der Waals surface area contributed by atoms with Crippen molar-refractivity contribution in [2.24, 2.45) is 5.92 Å². The third-order valence-electron chi connectivity index (χ3n) is 5.24. The summed E-state index contributed by atoms with van der Waals surface area (Å²) in [6.45, 7) is 12.0. The Kier molecular flexibility index (Phi) is 5.00. The highest BCUT2D eigenvalue weighted by Gasteiger charge is 2.27. The van der Waals surface area contributed by atoms with Gasteiger partial charge in [0, 0.05) is 25.6 Å². The van der Waals surface area contributed by atoms with Crippen LogP contribution in [-0.4, -0.2) is 28.5 Å². The molecule has 3 rings (SSSR count). The first-order valence-corrected chi connectivity index (χ1v) is 9.60. The summed E-state index contributed by atoms with van der Waals surface area (Å²) in [6, 6.07) is 6.09. The molecule has 5 heteroatoms. The van der Waals surface area contributed by atoms with Crippen molar-refractivity contribution in [3.63, 3.8) is 0 Å². The van der Waals surface area contributed by atoms with Crippen LogP contribution in [-0.2, 0) is 10.2 Å². The summed E-state index contributed by atoms with van der Waals surface area (Å²) < 4.78 is 7.27. The van der Waals surface area contributed by atoms with Crippen LogP contribution in [0.4, 0.5) is 0 Å². The maximum Gasteiger partial charge on any atom is 0.420 e. The van der Waals surface area contributed by atoms with Gasteiger partial charge in [0.05, 0.1) is 5.52 Å². The molecule has 1 aromatic heterocycles. The van der Waals surface area contributed by atoms with E-state index >= 15 is 0 Å². The Balaban J connectivity index is 1.84. The average Bonchev–Trinajstić information content (AvgIpc) is 2.88. The highest BCUT2D eigenvalue weighted by Crippen LogP contribution is 2.30. The Bertz CT molecular complexity index is 846. The van der Waals surface area contributed by atoms with E-state index in [1.807, 2.05) is 17.0 Å². The van der Waals surface area contributed by atoms with Gasteiger partial charge in [0.25, 0.3) is 0 Å². The van der Waals surface area contributed by atoms with Crippen molar-refractivity contribution in [2.45, 2.75) is 65.3 Å². The molecule has 0 aliphatic carbocycles. The van der Waals surface area contributed by atoms with Gasteiger partial charge in [-0.3, -0.25) is 9.36 Å². The van der Waals surface area contributed by atoms with Crippen LogP contribution in [0.5, 0.6) is 0 Å². The highest BCUT2D eigenvalue weighted by molar-refractivity contribution is 5.76. The molecule has 0 N–H and O–H groups in total. The first-order valence-electron chi connectivity index (χ1n) is 9.60. The molecule has 2 heterocycles. The second-order valence-corrected chi connectivity index (χ2v) is 8.88. The first kappa shape index (κ1) is 18.7. The largest absolute Gasteiger partial charge is 0.420 e. The molecule has 2 aromatic rings. The second kappa shape index (κ2) is 6.93. The van der Waals surface area contributed by atoms with Crippen molar-refractivity contribution in [3.05, 3.63) is 34.3 Å². The van der Waals surface area contributed by atoms with Gasteiger partial charge in [0.2, 0.25) is 5.91 Å². The maximum absolute atomic E-state index is 12.5. The molecule has 1 aromatic carbocycles. The number of likely N-dealkylation sites (tertiary alicyclic amines) is 1. The molecule has 0 atom stereocenters. The van der Waals surface area contributed by atoms with Gasteiger partial charge in [-0.2, -0.15) is 0 Å². The standard InChI is InChI=1S/C21H30N2O3/c1-14(2)12-19(24)22-10-8-16(9-11-22)23-17-13-15(21(3,4)5)6-7-18(17)26-20(23)25/h6-7,13-14,16H,8-12H2,1-5H3. The summed E-state index contributed by atoms with van der Waals surface area (Å²) in [6.07, 6.45) is 2.17. The Morgan fingerprint density at radius 3 is 2.46 bits per heavy atom. The van der Waals surface area contributed by atoms with E-state index in [4.69, 9.17) is 4.42 Å². The third-order valence-corrected chi connectivity index (χ3v) is 5.24. The van der Waals surface area contributed by atoms with Gasteiger partial charge in [-0.05, 0) is 41.9 Å². The molecule has 0 spiro atoms. The van der Waals surface area contributed by atoms with E-state index < -0.39 is 0 Å². The van der Waals surface area contributed by atoms with Crippen LogP contribution in [0.2, 0.25) is 0 Å². The van der Waals surface area contributed by atoms with Gasteiger partial charge >= 0.3 is 5.76 Å². The fourth-order valence-electron chi connectivity index (χ4n) is 3.70. The minimum absolute atomic E-state index is 0.0129. The fourth-order valence-corrected chi connectivity index (χ4v) is 3.70. The molecule has 1 aliphatic heterocycles. The molecule has 142 valence electrons. The quantitative estimate of drug-likeness (QED) is 0.830. The number of piperidine rings is 1. The van der Waals surface area contributed by atoms with E-state index in [0.29, 0.717) is 31.0 Å². The zero-order valence-electron chi connectivity index (χ0n) is 16.5. The van der Waals surface area contributed by atoms with E-state index in [2.05, 4.69) is 40.7 Å². The Hall–Kier alpha value is -2.04. The van der Waals surface area contributed by atoms with Crippen LogP contribution in [0.15, 0.2) is 27.4 Å². The fraction of sp³-hybridized carbons (Fsp3) is 0.619. The lowest BCUT2D eigenvalue weighted by Gasteiger charge is -2.32. The summed E-state index contributed by atoms with van der Waals surface area (Å²) in [7, 11) is 0. The van der Waals surface area contributed by atoms with Crippen LogP contribution < -0.4 is 5.76 Å². The maximum atomic E-state index is 12.5. The Labute approximate surface area is 155 Å². The zero-order valence-corrected chi connectivity index (χ0v) is 16.5. The van der Waals surface area contributed by atoms with E-state index in [1.54, 1.807) is 4.57 Å². The number of fused-ring (bicyclic) bond motifs is 1. The van der Waals surface area contributed by atoms with Gasteiger partial charge in [-0.15, -0.1) is 0 Å². The summed E-state index contributed by atoms with van der Waals surface area (Å²) in [5.41, 5.74) is 2.71. The van der Waals surface area contributed by atoms with Crippen molar-refractivity contribution < 1.29 is 9.21 Å². The lowest BCUT2D eigenvalue weighted by Crippen LogP contribution is -2.40. The van der Waals surface area contributed by atoms with E-state index in [0.717, 1.165) is 18.4 Å². The molecule has 0 radical (unpaired) electrons. The lowest BCUT2D eigenvalue weighted by molar-refractivity contribution is -0.133. The number of benzene rings is 1. The molecule has 0 saturated carbocycles. The number of aromatic nitrogens is 1. The van der Waals surface area contributed by atoms with E-state index in [9.17, 15) is 9.59 Å². The topological polar surface area (TPSA) is 55.5 Å². The Morgan fingerprint density at radius 2 is 1.88 bits per heavy atom. The molecular formula is C21H30N2O3. The zero-order chi connectivity index (χ0) is 19.1. The van der Waals surface area contributed by atoms with Gasteiger partial charge in [-0.25, -0.2) is 4.79 Å². The number of amides is 1. The van der Waals surface area contributed by atoms with Gasteiger partial charge in [-0.1, -0.05) is 40.7 Å². The van der Waals surface area contributed by atoms with Crippen molar-refractivity contribution >= 4 is 17.0 Å². The minimum atomic E-state index is -0.294. The molecule has 5 nitrogen and oxygen atoms in total. The summed E-state index contributed by atoms with van der Waals surface area (Å²) >= 11 is 0. The van der Waals surface area contributed by atoms with Crippen LogP contribution in [0, 0.1) is 5.92 Å². The van der Waals surface area contributed by atoms with Crippen LogP contribution in [0.1, 0.15) is 65.5 Å². The number of oxazole rings is 1. The normalized spacial score (nSPS) is 16.6. The molecule has 0 bridgehead atoms. The lowest BCUT2D eigenvalue weighted by atomic mass is 9.87. The molecule has 1 amide bonds. The van der Waals surface area contributed by atoms with E-state index in [1.165, 1.54) is 5.56 Å². The highest BCUT2D eigenvalue weighted by atomic mass is 16.4. The molecular weight excluding hydrogens is 328 g/mol. The number of hydrogen-bond acceptors (Lipinski definition) is 3. The van der Waals surface area contributed by atoms with Crippen molar-refractivity contribution in [2.75, 3.05) is 13.1 Å². The first-order chi connectivity index (χ1) is 12.2. The molecule has 1 aliphatic rings. The summed E-state index contributed by atoms with van der Waals surface area (Å²) in [4.78, 5) is 26.7. The smallest absolute Gasteiger partial charge is 0.408 e. The Morgan fingerprint density at radius 1 is 1.23 bits per heavy atom. The predicted molar refractivity (Wildman–Crippen MR) is 103 cm³/mol. The van der Waals surface area contributed by atoms with Crippen molar-refractivity contribution in [1.82, 2.24) is 9.47 Å². The molecule has 0 unspecified atom stereocenters. The molecule has 1 saturated heterocycles. The van der Waals surface area contributed by atoms with Gasteiger partial charge in [0.1, 0.15) is 0 Å². The summed E-state index contributed by atoms with van der Waals surface area (Å²) in [5.74, 6) is 0.298. The number of nitrogens with zero attached hydrogens (tertiary/aromatic N) is 2. The number of hydrogen-bond donors (Lipinski definition) is 0. The SMILES string of the molecule is CC(C)CC(=O)N1CCC(n2c(=O)oc3ccc(C(C)(C)C)cc32)CC1. The number of carbonyl (C=O) groups excluding carboxylic acids is 1. The minimum Gasteiger partial charge on any atom is -0.408 e. The van der Waals surface area contributed by atoms with Crippen LogP contribution >= 0.6 is 0 Å². The number of rotatable bonds is 3. The van der Waals surface area contributed by atoms with Crippen molar-refractivity contribution in [3.8, 4) is 0 Å². The molecule has 1 fully saturated rings. The van der Waals surface area contributed by atoms with Crippen molar-refractivity contribution in [1.29, 1.82) is 0 Å². The predicted octanol–water partition coefficient (Wildman–Crippen LogP) is 4.10. The third kappa shape index (κ3) is 3.71. The van der Waals surface area contributed by atoms with Crippen LogP contribution in [0.25, 0.3) is 11.1 Å². The number of carbonyl (C=O) groups is 1. The summed E-state index contributed by atoms with van der Waals surface area (Å²) in [5, 5.41) is 0. The van der Waals surface area contributed by atoms with E-state index in [-0.39, 0.29) is 23.1 Å². The monoisotopic (exact) mass is 358 g/mol. The van der Waals surface area contributed by atoms with Gasteiger partial charge in [0.15, 0.2) is 5.58 Å². The van der Waals surface area contributed by atoms with Gasteiger partial charge < -0.3 is 9.32 Å². The average molecular weight is 358 g/mol. The van der Waals surface area contributed by atoms with Crippen LogP contribution in [0.3, 0.4) is 0 Å². The second-order valence-electron chi connectivity index (χ2n) is 8.88. The molecule has 26 heavy (non-hydrogen) atoms.